The van der Waals surface area contributed by atoms with E-state index >= 15 is 0 Å². The number of halogens is 1. The number of benzene rings is 1. The average molecular weight is 435 g/mol. The fraction of sp³-hybridized carbons (Fsp3) is 0.280. The summed E-state index contributed by atoms with van der Waals surface area (Å²) < 4.78 is 0. The smallest absolute Gasteiger partial charge is 0.227 e. The molecule has 1 saturated heterocycles. The van der Waals surface area contributed by atoms with Crippen molar-refractivity contribution < 1.29 is 4.79 Å². The van der Waals surface area contributed by atoms with Crippen molar-refractivity contribution in [2.45, 2.75) is 32.1 Å². The molecule has 1 aliphatic heterocycles. The Morgan fingerprint density at radius 3 is 2.67 bits per heavy atom. The molecular weight excluding hydrogens is 412 g/mol. The van der Waals surface area contributed by atoms with Gasteiger partial charge in [-0.05, 0) is 72.0 Å². The first-order valence-electron chi connectivity index (χ1n) is 10.4. The van der Waals surface area contributed by atoms with E-state index in [1.54, 1.807) is 11.3 Å². The van der Waals surface area contributed by atoms with Crippen LogP contribution < -0.4 is 0 Å². The lowest BCUT2D eigenvalue weighted by Gasteiger charge is -2.30. The number of likely N-dealkylation sites (tertiary alicyclic amines) is 1. The Kier molecular flexibility index (Phi) is 5.45. The minimum Gasteiger partial charge on any atom is -0.342 e. The maximum absolute atomic E-state index is 12.7. The van der Waals surface area contributed by atoms with Crippen LogP contribution in [-0.4, -0.2) is 28.9 Å². The van der Waals surface area contributed by atoms with Crippen LogP contribution in [0.4, 0.5) is 0 Å². The first-order valence-corrected chi connectivity index (χ1v) is 11.7. The monoisotopic (exact) mass is 434 g/mol. The van der Waals surface area contributed by atoms with Gasteiger partial charge in [-0.1, -0.05) is 35.4 Å². The van der Waals surface area contributed by atoms with Gasteiger partial charge in [0.1, 0.15) is 0 Å². The number of rotatable bonds is 2. The van der Waals surface area contributed by atoms with E-state index in [4.69, 9.17) is 16.6 Å². The highest BCUT2D eigenvalue weighted by Gasteiger charge is 2.26. The second kappa shape index (κ2) is 8.37. The molecule has 3 nitrogen and oxygen atoms in total. The number of hydrogen-bond donors (Lipinski definition) is 0. The largest absolute Gasteiger partial charge is 0.342 e. The van der Waals surface area contributed by atoms with Crippen molar-refractivity contribution in [3.05, 3.63) is 91.9 Å². The number of piperidine rings is 1. The van der Waals surface area contributed by atoms with Crippen LogP contribution in [0.3, 0.4) is 0 Å². The zero-order valence-corrected chi connectivity index (χ0v) is 18.3. The van der Waals surface area contributed by atoms with E-state index < -0.39 is 0 Å². The second-order valence-electron chi connectivity index (χ2n) is 7.93. The van der Waals surface area contributed by atoms with Crippen LogP contribution in [0.15, 0.2) is 59.6 Å². The molecule has 2 aromatic heterocycles. The third-order valence-corrected chi connectivity index (χ3v) is 7.22. The summed E-state index contributed by atoms with van der Waals surface area (Å²) >= 11 is 7.96. The van der Waals surface area contributed by atoms with Crippen molar-refractivity contribution in [1.82, 2.24) is 9.88 Å². The Hall–Kier alpha value is -2.43. The van der Waals surface area contributed by atoms with E-state index in [2.05, 4.69) is 18.2 Å². The van der Waals surface area contributed by atoms with Crippen molar-refractivity contribution >= 4 is 34.4 Å². The predicted molar refractivity (Wildman–Crippen MR) is 123 cm³/mol. The first kappa shape index (κ1) is 19.5. The van der Waals surface area contributed by atoms with Gasteiger partial charge in [0.25, 0.3) is 0 Å². The molecule has 0 bridgehead atoms. The summed E-state index contributed by atoms with van der Waals surface area (Å²) in [4.78, 5) is 20.7. The topological polar surface area (TPSA) is 33.2 Å². The van der Waals surface area contributed by atoms with Crippen LogP contribution in [0.25, 0.3) is 5.57 Å². The standard InChI is InChI=1S/C25H23ClN2OS/c26-20-7-8-22-19(15-20)6-5-18-3-1-11-27-25(18)24(22)17-9-12-28(13-10-17)23(29)16-21-4-2-14-30-21/h1-4,7-8,11,14-15H,5-6,9-10,12-13,16H2. The fourth-order valence-corrected chi connectivity index (χ4v) is 5.47. The molecule has 1 aliphatic carbocycles. The molecule has 1 amide bonds. The molecule has 5 rings (SSSR count). The molecule has 2 aliphatic rings. The molecule has 1 fully saturated rings. The highest BCUT2D eigenvalue weighted by molar-refractivity contribution is 7.10. The zero-order chi connectivity index (χ0) is 20.5. The van der Waals surface area contributed by atoms with Crippen LogP contribution in [0.2, 0.25) is 5.02 Å². The number of aryl methyl sites for hydroxylation is 2. The van der Waals surface area contributed by atoms with Gasteiger partial charge in [-0.3, -0.25) is 9.78 Å². The molecule has 30 heavy (non-hydrogen) atoms. The molecule has 0 radical (unpaired) electrons. The molecule has 152 valence electrons. The molecule has 1 aromatic carbocycles. The van der Waals surface area contributed by atoms with Crippen molar-refractivity contribution in [3.8, 4) is 0 Å². The maximum atomic E-state index is 12.7. The number of carbonyl (C=O) groups excluding carboxylic acids is 1. The van der Waals surface area contributed by atoms with Crippen molar-refractivity contribution in [2.75, 3.05) is 13.1 Å². The van der Waals surface area contributed by atoms with Gasteiger partial charge in [-0.25, -0.2) is 0 Å². The fourth-order valence-electron chi connectivity index (χ4n) is 4.58. The predicted octanol–water partition coefficient (Wildman–Crippen LogP) is 5.56. The normalized spacial score (nSPS) is 16.1. The number of thiophene rings is 1. The zero-order valence-electron chi connectivity index (χ0n) is 16.7. The molecule has 5 heteroatoms. The average Bonchev–Trinajstić information content (AvgIpc) is 3.22. The lowest BCUT2D eigenvalue weighted by molar-refractivity contribution is -0.130. The van der Waals surface area contributed by atoms with Crippen LogP contribution in [0.1, 0.15) is 40.1 Å². The molecule has 0 saturated carbocycles. The van der Waals surface area contributed by atoms with Gasteiger partial charge in [0, 0.05) is 34.8 Å². The van der Waals surface area contributed by atoms with Gasteiger partial charge in [0.2, 0.25) is 5.91 Å². The number of nitrogens with zero attached hydrogens (tertiary/aromatic N) is 2. The first-order chi connectivity index (χ1) is 14.7. The van der Waals surface area contributed by atoms with Gasteiger partial charge < -0.3 is 4.90 Å². The van der Waals surface area contributed by atoms with Gasteiger partial charge in [0.15, 0.2) is 0 Å². The van der Waals surface area contributed by atoms with E-state index in [0.717, 1.165) is 54.4 Å². The van der Waals surface area contributed by atoms with Crippen molar-refractivity contribution in [2.24, 2.45) is 0 Å². The summed E-state index contributed by atoms with van der Waals surface area (Å²) in [6.07, 6.45) is 6.12. The van der Waals surface area contributed by atoms with Gasteiger partial charge >= 0.3 is 0 Å². The van der Waals surface area contributed by atoms with E-state index in [9.17, 15) is 4.79 Å². The lowest BCUT2D eigenvalue weighted by Crippen LogP contribution is -2.37. The van der Waals surface area contributed by atoms with Gasteiger partial charge in [0.05, 0.1) is 12.1 Å². The minimum atomic E-state index is 0.230. The number of pyridine rings is 1. The third kappa shape index (κ3) is 3.82. The van der Waals surface area contributed by atoms with E-state index in [0.29, 0.717) is 6.42 Å². The number of carbonyl (C=O) groups is 1. The molecule has 0 atom stereocenters. The highest BCUT2D eigenvalue weighted by Crippen LogP contribution is 2.38. The van der Waals surface area contributed by atoms with Crippen LogP contribution >= 0.6 is 22.9 Å². The molecule has 0 N–H and O–H groups in total. The summed E-state index contributed by atoms with van der Waals surface area (Å²) in [5, 5.41) is 2.81. The molecule has 3 heterocycles. The van der Waals surface area contributed by atoms with Crippen LogP contribution in [0.5, 0.6) is 0 Å². The minimum absolute atomic E-state index is 0.230. The number of hydrogen-bond acceptors (Lipinski definition) is 3. The third-order valence-electron chi connectivity index (χ3n) is 6.11. The summed E-state index contributed by atoms with van der Waals surface area (Å²) in [6.45, 7) is 1.54. The maximum Gasteiger partial charge on any atom is 0.227 e. The van der Waals surface area contributed by atoms with Crippen LogP contribution in [0, 0.1) is 0 Å². The number of fused-ring (bicyclic) bond motifs is 2. The summed E-state index contributed by atoms with van der Waals surface area (Å²) in [6, 6.07) is 14.5. The summed E-state index contributed by atoms with van der Waals surface area (Å²) in [5.74, 6) is 0.230. The Morgan fingerprint density at radius 2 is 1.87 bits per heavy atom. The Labute approximate surface area is 186 Å². The number of aromatic nitrogens is 1. The Balaban J connectivity index is 1.47. The van der Waals surface area contributed by atoms with Crippen LogP contribution in [-0.2, 0) is 24.1 Å². The Morgan fingerprint density at radius 1 is 1.03 bits per heavy atom. The van der Waals surface area contributed by atoms with E-state index in [1.807, 2.05) is 40.7 Å². The Bertz CT molecular complexity index is 1110. The molecule has 0 spiro atoms. The highest BCUT2D eigenvalue weighted by atomic mass is 35.5. The number of amides is 1. The summed E-state index contributed by atoms with van der Waals surface area (Å²) in [5.41, 5.74) is 7.61. The van der Waals surface area contributed by atoms with Gasteiger partial charge in [-0.2, -0.15) is 0 Å². The van der Waals surface area contributed by atoms with Crippen molar-refractivity contribution in [3.63, 3.8) is 0 Å². The molecule has 0 unspecified atom stereocenters. The van der Waals surface area contributed by atoms with Crippen molar-refractivity contribution in [1.29, 1.82) is 0 Å². The molecular formula is C25H23ClN2OS. The SMILES string of the molecule is O=C(Cc1cccs1)N1CCC(=C2c3ccc(Cl)cc3CCc3cccnc32)CC1. The van der Waals surface area contributed by atoms with Gasteiger partial charge in [-0.15, -0.1) is 11.3 Å². The molecule has 3 aromatic rings. The van der Waals surface area contributed by atoms with E-state index in [1.165, 1.54) is 27.8 Å². The second-order valence-corrected chi connectivity index (χ2v) is 9.40. The van der Waals surface area contributed by atoms with E-state index in [-0.39, 0.29) is 5.91 Å². The quantitative estimate of drug-likeness (QED) is 0.528. The lowest BCUT2D eigenvalue weighted by atomic mass is 9.88. The summed E-state index contributed by atoms with van der Waals surface area (Å²) in [7, 11) is 0.